The van der Waals surface area contributed by atoms with Gasteiger partial charge in [-0.15, -0.1) is 0 Å². The summed E-state index contributed by atoms with van der Waals surface area (Å²) in [6.07, 6.45) is 1.03. The number of hydrogen-bond donors (Lipinski definition) is 0. The van der Waals surface area contributed by atoms with Crippen molar-refractivity contribution in [3.63, 3.8) is 0 Å². The summed E-state index contributed by atoms with van der Waals surface area (Å²) in [6, 6.07) is 31.6. The predicted octanol–water partition coefficient (Wildman–Crippen LogP) is 7.87. The second kappa shape index (κ2) is 5.40. The minimum Gasteiger partial charge on any atom is -0.0619 e. The van der Waals surface area contributed by atoms with Crippen molar-refractivity contribution in [2.45, 2.75) is 25.7 Å². The summed E-state index contributed by atoms with van der Waals surface area (Å²) in [7, 11) is 0. The lowest BCUT2D eigenvalue weighted by Gasteiger charge is -2.24. The van der Waals surface area contributed by atoms with Crippen molar-refractivity contribution in [1.29, 1.82) is 0 Å². The van der Waals surface area contributed by atoms with Crippen molar-refractivity contribution in [1.82, 2.24) is 0 Å². The molecule has 0 saturated carbocycles. The van der Waals surface area contributed by atoms with Crippen LogP contribution >= 0.6 is 0 Å². The third-order valence-corrected chi connectivity index (χ3v) is 7.45. The lowest BCUT2D eigenvalue weighted by Crippen LogP contribution is -2.15. The first kappa shape index (κ1) is 16.4. The fourth-order valence-corrected chi connectivity index (χ4v) is 6.19. The zero-order valence-corrected chi connectivity index (χ0v) is 17.3. The van der Waals surface area contributed by atoms with Crippen LogP contribution in [0.3, 0.4) is 0 Å². The van der Waals surface area contributed by atoms with Gasteiger partial charge in [-0.2, -0.15) is 0 Å². The van der Waals surface area contributed by atoms with Crippen molar-refractivity contribution in [3.8, 4) is 22.3 Å². The molecule has 5 aromatic rings. The van der Waals surface area contributed by atoms with Gasteiger partial charge in [0.2, 0.25) is 0 Å². The molecule has 0 unspecified atom stereocenters. The average molecular weight is 383 g/mol. The van der Waals surface area contributed by atoms with Crippen molar-refractivity contribution >= 4 is 21.5 Å². The van der Waals surface area contributed by atoms with E-state index in [4.69, 9.17) is 0 Å². The Balaban J connectivity index is 1.78. The maximum Gasteiger partial charge on any atom is 0.0165 e. The molecule has 0 N–H and O–H groups in total. The fourth-order valence-electron chi connectivity index (χ4n) is 6.19. The van der Waals surface area contributed by atoms with Crippen LogP contribution < -0.4 is 0 Å². The molecule has 0 radical (unpaired) electrons. The molecule has 0 aliphatic heterocycles. The SMILES string of the molecule is CC1(C)c2ccc3ccccc3c2-c2c3c(c4ccccc4c21)Cc1ccccc1-3. The first-order valence-corrected chi connectivity index (χ1v) is 10.8. The van der Waals surface area contributed by atoms with E-state index >= 15 is 0 Å². The molecule has 7 rings (SSSR count). The largest absolute Gasteiger partial charge is 0.0619 e. The molecule has 0 heterocycles. The van der Waals surface area contributed by atoms with Crippen molar-refractivity contribution in [3.05, 3.63) is 107 Å². The third kappa shape index (κ3) is 1.83. The van der Waals surface area contributed by atoms with Gasteiger partial charge in [-0.05, 0) is 72.5 Å². The van der Waals surface area contributed by atoms with E-state index in [-0.39, 0.29) is 5.41 Å². The highest BCUT2D eigenvalue weighted by Crippen LogP contribution is 2.59. The van der Waals surface area contributed by atoms with E-state index in [1.165, 1.54) is 66.1 Å². The summed E-state index contributed by atoms with van der Waals surface area (Å²) < 4.78 is 0. The lowest BCUT2D eigenvalue weighted by molar-refractivity contribution is 0.667. The van der Waals surface area contributed by atoms with Crippen LogP contribution in [0.25, 0.3) is 43.8 Å². The van der Waals surface area contributed by atoms with Crippen molar-refractivity contribution in [2.75, 3.05) is 0 Å². The Kier molecular flexibility index (Phi) is 2.96. The lowest BCUT2D eigenvalue weighted by atomic mass is 9.78. The normalized spacial score (nSPS) is 15.1. The second-order valence-electron chi connectivity index (χ2n) is 9.32. The maximum atomic E-state index is 2.41. The van der Waals surface area contributed by atoms with Crippen LogP contribution in [0.5, 0.6) is 0 Å². The highest BCUT2D eigenvalue weighted by atomic mass is 14.4. The standard InChI is InChI=1S/C30H22/c1-30(2)25-16-15-18-9-3-5-11-20(18)27(25)28-26-21-12-6-4-10-19(21)17-24(26)22-13-7-8-14-23(22)29(28)30/h3-16H,17H2,1-2H3. The number of fused-ring (bicyclic) bond motifs is 12. The summed E-state index contributed by atoms with van der Waals surface area (Å²) in [5.74, 6) is 0. The van der Waals surface area contributed by atoms with Gasteiger partial charge >= 0.3 is 0 Å². The molecular weight excluding hydrogens is 360 g/mol. The molecule has 30 heavy (non-hydrogen) atoms. The molecule has 0 atom stereocenters. The van der Waals surface area contributed by atoms with Gasteiger partial charge in [0.05, 0.1) is 0 Å². The Morgan fingerprint density at radius 2 is 1.30 bits per heavy atom. The monoisotopic (exact) mass is 382 g/mol. The van der Waals surface area contributed by atoms with Gasteiger partial charge in [0, 0.05) is 5.41 Å². The van der Waals surface area contributed by atoms with Gasteiger partial charge in [0.25, 0.3) is 0 Å². The zero-order valence-electron chi connectivity index (χ0n) is 17.3. The van der Waals surface area contributed by atoms with Gasteiger partial charge in [-0.1, -0.05) is 98.8 Å². The van der Waals surface area contributed by atoms with Crippen LogP contribution in [0.1, 0.15) is 36.1 Å². The van der Waals surface area contributed by atoms with Gasteiger partial charge in [0.15, 0.2) is 0 Å². The molecule has 0 bridgehead atoms. The molecule has 0 nitrogen and oxygen atoms in total. The molecule has 0 spiro atoms. The Hall–Kier alpha value is -3.38. The highest BCUT2D eigenvalue weighted by molar-refractivity contribution is 6.14. The Labute approximate surface area is 176 Å². The first-order chi connectivity index (χ1) is 14.7. The van der Waals surface area contributed by atoms with Crippen LogP contribution in [-0.4, -0.2) is 0 Å². The van der Waals surface area contributed by atoms with Crippen LogP contribution in [-0.2, 0) is 11.8 Å². The fraction of sp³-hybridized carbons (Fsp3) is 0.133. The first-order valence-electron chi connectivity index (χ1n) is 10.8. The van der Waals surface area contributed by atoms with E-state index in [0.29, 0.717) is 0 Å². The summed E-state index contributed by atoms with van der Waals surface area (Å²) in [4.78, 5) is 0. The molecular formula is C30H22. The van der Waals surface area contributed by atoms with Crippen LogP contribution in [0.2, 0.25) is 0 Å². The molecule has 0 aromatic heterocycles. The number of hydrogen-bond acceptors (Lipinski definition) is 0. The van der Waals surface area contributed by atoms with Gasteiger partial charge in [0.1, 0.15) is 0 Å². The number of benzene rings is 5. The van der Waals surface area contributed by atoms with Crippen LogP contribution in [0.15, 0.2) is 84.9 Å². The number of rotatable bonds is 0. The summed E-state index contributed by atoms with van der Waals surface area (Å²) in [5.41, 5.74) is 11.7. The molecule has 2 aliphatic carbocycles. The van der Waals surface area contributed by atoms with Crippen molar-refractivity contribution < 1.29 is 0 Å². The van der Waals surface area contributed by atoms with Crippen molar-refractivity contribution in [2.24, 2.45) is 0 Å². The molecule has 0 heteroatoms. The molecule has 142 valence electrons. The van der Waals surface area contributed by atoms with E-state index < -0.39 is 0 Å². The summed E-state index contributed by atoms with van der Waals surface area (Å²) in [5, 5.41) is 5.55. The molecule has 0 amide bonds. The minimum absolute atomic E-state index is 0.0269. The van der Waals surface area contributed by atoms with E-state index in [0.717, 1.165) is 6.42 Å². The molecule has 0 saturated heterocycles. The topological polar surface area (TPSA) is 0 Å². The Bertz CT molecular complexity index is 1530. The second-order valence-corrected chi connectivity index (χ2v) is 9.32. The van der Waals surface area contributed by atoms with Gasteiger partial charge in [-0.3, -0.25) is 0 Å². The predicted molar refractivity (Wildman–Crippen MR) is 127 cm³/mol. The van der Waals surface area contributed by atoms with E-state index in [9.17, 15) is 0 Å². The van der Waals surface area contributed by atoms with Gasteiger partial charge in [-0.25, -0.2) is 0 Å². The van der Waals surface area contributed by atoms with Crippen LogP contribution in [0, 0.1) is 0 Å². The average Bonchev–Trinajstić information content (AvgIpc) is 3.27. The molecule has 2 aliphatic rings. The van der Waals surface area contributed by atoms with E-state index in [1.54, 1.807) is 0 Å². The Morgan fingerprint density at radius 3 is 2.17 bits per heavy atom. The zero-order chi connectivity index (χ0) is 20.0. The maximum absolute atomic E-state index is 2.41. The van der Waals surface area contributed by atoms with Crippen LogP contribution in [0.4, 0.5) is 0 Å². The quantitative estimate of drug-likeness (QED) is 0.251. The smallest absolute Gasteiger partial charge is 0.0165 e. The third-order valence-electron chi connectivity index (χ3n) is 7.45. The summed E-state index contributed by atoms with van der Waals surface area (Å²) in [6.45, 7) is 4.82. The summed E-state index contributed by atoms with van der Waals surface area (Å²) >= 11 is 0. The highest BCUT2D eigenvalue weighted by Gasteiger charge is 2.41. The van der Waals surface area contributed by atoms with E-state index in [1.807, 2.05) is 0 Å². The minimum atomic E-state index is -0.0269. The molecule has 5 aromatic carbocycles. The van der Waals surface area contributed by atoms with E-state index in [2.05, 4.69) is 98.8 Å². The van der Waals surface area contributed by atoms with Gasteiger partial charge < -0.3 is 0 Å². The molecule has 0 fully saturated rings. The Morgan fingerprint density at radius 1 is 0.600 bits per heavy atom.